The Morgan fingerprint density at radius 1 is 2.00 bits per heavy atom. The fourth-order valence-corrected chi connectivity index (χ4v) is 0.249. The summed E-state index contributed by atoms with van der Waals surface area (Å²) in [5, 5.41) is 7.28. The Labute approximate surface area is 52.0 Å². The monoisotopic (exact) mass is 137 g/mol. The van der Waals surface area contributed by atoms with Gasteiger partial charge in [0, 0.05) is 0 Å². The van der Waals surface area contributed by atoms with E-state index < -0.39 is 11.2 Å². The Bertz CT molecular complexity index is 86.6. The molecule has 1 unspecified atom stereocenters. The van der Waals surface area contributed by atoms with Crippen LogP contribution in [-0.2, 0) is 9.63 Å². The van der Waals surface area contributed by atoms with E-state index in [9.17, 15) is 4.79 Å². The van der Waals surface area contributed by atoms with Crippen molar-refractivity contribution in [2.75, 3.05) is 6.61 Å². The zero-order valence-corrected chi connectivity index (χ0v) is 4.97. The number of hydrogen-bond acceptors (Lipinski definition) is 4. The van der Waals surface area contributed by atoms with Crippen LogP contribution in [0.4, 0.5) is 0 Å². The number of carbonyl (C=O) groups is 1. The summed E-state index contributed by atoms with van der Waals surface area (Å²) in [4.78, 5) is 13.9. The summed E-state index contributed by atoms with van der Waals surface area (Å²) in [5.41, 5.74) is 0. The van der Waals surface area contributed by atoms with Gasteiger partial charge >= 0.3 is 5.97 Å². The highest BCUT2D eigenvalue weighted by atomic mass is 32.1. The number of nitrogens with two attached hydrogens (primary N) is 1. The molecule has 4 nitrogen and oxygen atoms in total. The number of rotatable bonds is 3. The molecule has 0 aliphatic carbocycles. The van der Waals surface area contributed by atoms with E-state index in [1.54, 1.807) is 0 Å². The van der Waals surface area contributed by atoms with Crippen LogP contribution in [0.25, 0.3) is 0 Å². The number of thiol groups is 1. The van der Waals surface area contributed by atoms with Gasteiger partial charge in [0.15, 0.2) is 0 Å². The molecule has 0 aromatic carbocycles. The second kappa shape index (κ2) is 3.71. The first-order valence-electron chi connectivity index (χ1n) is 1.91. The van der Waals surface area contributed by atoms with Gasteiger partial charge in [0.25, 0.3) is 0 Å². The molecule has 0 radical (unpaired) electrons. The van der Waals surface area contributed by atoms with Gasteiger partial charge < -0.3 is 9.94 Å². The molecule has 0 aliphatic heterocycles. The Kier molecular flexibility index (Phi) is 3.59. The molecular formula is C3H7NO3S. The minimum atomic E-state index is -1.03. The van der Waals surface area contributed by atoms with Gasteiger partial charge in [-0.3, -0.25) is 4.79 Å². The van der Waals surface area contributed by atoms with Crippen LogP contribution in [0.5, 0.6) is 0 Å². The lowest BCUT2D eigenvalue weighted by molar-refractivity contribution is -0.137. The predicted octanol–water partition coefficient (Wildman–Crippen LogP) is -0.740. The first-order valence-corrected chi connectivity index (χ1v) is 2.42. The summed E-state index contributed by atoms with van der Waals surface area (Å²) in [6.45, 7) is -0.0710. The predicted molar refractivity (Wildman–Crippen MR) is 30.5 cm³/mol. The van der Waals surface area contributed by atoms with Crippen LogP contribution in [0.2, 0.25) is 0 Å². The maximum atomic E-state index is 9.88. The van der Waals surface area contributed by atoms with Crippen LogP contribution < -0.4 is 5.90 Å². The number of carboxylic acids is 1. The number of carboxylic acid groups (broad SMARTS) is 1. The van der Waals surface area contributed by atoms with Crippen molar-refractivity contribution >= 4 is 18.6 Å². The van der Waals surface area contributed by atoms with Crippen LogP contribution in [0, 0.1) is 0 Å². The van der Waals surface area contributed by atoms with Crippen LogP contribution in [0.3, 0.4) is 0 Å². The van der Waals surface area contributed by atoms with Crippen molar-refractivity contribution in [1.29, 1.82) is 0 Å². The maximum absolute atomic E-state index is 9.88. The van der Waals surface area contributed by atoms with Gasteiger partial charge in [-0.15, -0.1) is 0 Å². The highest BCUT2D eigenvalue weighted by molar-refractivity contribution is 7.81. The zero-order chi connectivity index (χ0) is 6.57. The van der Waals surface area contributed by atoms with Gasteiger partial charge in [-0.25, -0.2) is 5.90 Å². The third kappa shape index (κ3) is 2.84. The largest absolute Gasteiger partial charge is 0.480 e. The van der Waals surface area contributed by atoms with Gasteiger partial charge in [0.2, 0.25) is 0 Å². The Hall–Kier alpha value is -0.260. The summed E-state index contributed by atoms with van der Waals surface area (Å²) in [5.74, 6) is 3.53. The Morgan fingerprint density at radius 2 is 2.50 bits per heavy atom. The van der Waals surface area contributed by atoms with Crippen LogP contribution in [0.1, 0.15) is 0 Å². The van der Waals surface area contributed by atoms with E-state index in [1.807, 2.05) is 0 Å². The average Bonchev–Trinajstić information content (AvgIpc) is 1.67. The smallest absolute Gasteiger partial charge is 0.318 e. The molecule has 0 aliphatic rings. The molecule has 1 atom stereocenters. The summed E-state index contributed by atoms with van der Waals surface area (Å²) in [7, 11) is 0. The molecule has 5 heteroatoms. The Balaban J connectivity index is 3.32. The molecular weight excluding hydrogens is 130 g/mol. The van der Waals surface area contributed by atoms with Crippen LogP contribution in [-0.4, -0.2) is 22.9 Å². The molecule has 0 saturated heterocycles. The minimum Gasteiger partial charge on any atom is -0.480 e. The maximum Gasteiger partial charge on any atom is 0.318 e. The average molecular weight is 137 g/mol. The van der Waals surface area contributed by atoms with Crippen molar-refractivity contribution in [3.8, 4) is 0 Å². The highest BCUT2D eigenvalue weighted by Crippen LogP contribution is 1.92. The molecule has 0 amide bonds. The lowest BCUT2D eigenvalue weighted by Crippen LogP contribution is -2.21. The fraction of sp³-hybridized carbons (Fsp3) is 0.667. The van der Waals surface area contributed by atoms with E-state index in [-0.39, 0.29) is 6.61 Å². The third-order valence-electron chi connectivity index (χ3n) is 0.539. The van der Waals surface area contributed by atoms with Crippen molar-refractivity contribution in [3.63, 3.8) is 0 Å². The first-order chi connectivity index (χ1) is 3.68. The molecule has 0 saturated carbocycles. The van der Waals surface area contributed by atoms with Gasteiger partial charge in [-0.05, 0) is 0 Å². The fourth-order valence-electron chi connectivity index (χ4n) is 0.162. The molecule has 3 N–H and O–H groups in total. The third-order valence-corrected chi connectivity index (χ3v) is 0.909. The molecule has 0 fully saturated rings. The molecule has 0 rings (SSSR count). The van der Waals surface area contributed by atoms with Crippen LogP contribution in [0.15, 0.2) is 0 Å². The molecule has 0 aromatic rings. The molecule has 0 bridgehead atoms. The van der Waals surface area contributed by atoms with Crippen molar-refractivity contribution in [2.45, 2.75) is 5.25 Å². The SMILES string of the molecule is NOCC(S)C(=O)O. The van der Waals surface area contributed by atoms with Gasteiger partial charge in [0.05, 0.1) is 6.61 Å². The van der Waals surface area contributed by atoms with E-state index in [4.69, 9.17) is 5.11 Å². The van der Waals surface area contributed by atoms with Gasteiger partial charge in [-0.1, -0.05) is 0 Å². The van der Waals surface area contributed by atoms with Gasteiger partial charge in [0.1, 0.15) is 5.25 Å². The quantitative estimate of drug-likeness (QED) is 0.354. The molecule has 8 heavy (non-hydrogen) atoms. The number of aliphatic carboxylic acids is 1. The normalized spacial score (nSPS) is 13.2. The molecule has 48 valence electrons. The lowest BCUT2D eigenvalue weighted by atomic mass is 10.5. The second-order valence-corrected chi connectivity index (χ2v) is 1.81. The topological polar surface area (TPSA) is 72.5 Å². The van der Waals surface area contributed by atoms with Crippen molar-refractivity contribution in [3.05, 3.63) is 0 Å². The summed E-state index contributed by atoms with van der Waals surface area (Å²) >= 11 is 3.60. The van der Waals surface area contributed by atoms with Gasteiger partial charge in [-0.2, -0.15) is 12.6 Å². The summed E-state index contributed by atoms with van der Waals surface area (Å²) in [6.07, 6.45) is 0. The van der Waals surface area contributed by atoms with Crippen LogP contribution >= 0.6 is 12.6 Å². The highest BCUT2D eigenvalue weighted by Gasteiger charge is 2.10. The molecule has 0 spiro atoms. The van der Waals surface area contributed by atoms with E-state index in [2.05, 4.69) is 23.4 Å². The second-order valence-electron chi connectivity index (χ2n) is 1.19. The van der Waals surface area contributed by atoms with Crippen molar-refractivity contribution in [2.24, 2.45) is 5.90 Å². The molecule has 0 heterocycles. The van der Waals surface area contributed by atoms with E-state index >= 15 is 0 Å². The summed E-state index contributed by atoms with van der Waals surface area (Å²) < 4.78 is 0. The number of hydrogen-bond donors (Lipinski definition) is 3. The van der Waals surface area contributed by atoms with E-state index in [1.165, 1.54) is 0 Å². The van der Waals surface area contributed by atoms with Crippen molar-refractivity contribution in [1.82, 2.24) is 0 Å². The minimum absolute atomic E-state index is 0.0710. The van der Waals surface area contributed by atoms with Crippen molar-refractivity contribution < 1.29 is 14.7 Å². The van der Waals surface area contributed by atoms with E-state index in [0.717, 1.165) is 0 Å². The standard InChI is InChI=1S/C3H7NO3S/c4-7-1-2(8)3(5)6/h2,8H,1,4H2,(H,5,6). The lowest BCUT2D eigenvalue weighted by Gasteiger charge is -1.99. The zero-order valence-electron chi connectivity index (χ0n) is 4.07. The van der Waals surface area contributed by atoms with E-state index in [0.29, 0.717) is 0 Å². The Morgan fingerprint density at radius 3 is 2.62 bits per heavy atom. The summed E-state index contributed by atoms with van der Waals surface area (Å²) in [6, 6.07) is 0. The first kappa shape index (κ1) is 7.74. The molecule has 0 aromatic heterocycles.